The first-order valence-corrected chi connectivity index (χ1v) is 8.13. The Hall–Kier alpha value is -3.40. The molecule has 0 aliphatic rings. The molecule has 0 bridgehead atoms. The van der Waals surface area contributed by atoms with Crippen LogP contribution >= 0.6 is 0 Å². The van der Waals surface area contributed by atoms with Gasteiger partial charge in [-0.1, -0.05) is 36.4 Å². The Labute approximate surface area is 145 Å². The van der Waals surface area contributed by atoms with Gasteiger partial charge in [0.25, 0.3) is 5.91 Å². The highest BCUT2D eigenvalue weighted by Crippen LogP contribution is 2.22. The number of benzene rings is 3. The predicted molar refractivity (Wildman–Crippen MR) is 100 cm³/mol. The van der Waals surface area contributed by atoms with Crippen molar-refractivity contribution in [3.63, 3.8) is 0 Å². The third kappa shape index (κ3) is 2.90. The fourth-order valence-corrected chi connectivity index (χ4v) is 2.97. The molecule has 0 fully saturated rings. The number of rotatable bonds is 3. The van der Waals surface area contributed by atoms with E-state index in [2.05, 4.69) is 14.9 Å². The van der Waals surface area contributed by atoms with Crippen LogP contribution in [0.1, 0.15) is 16.2 Å². The second-order valence-corrected chi connectivity index (χ2v) is 5.85. The number of hydrogen-bond donors (Lipinski definition) is 1. The normalized spacial score (nSPS) is 10.8. The molecule has 3 aromatic carbocycles. The van der Waals surface area contributed by atoms with Gasteiger partial charge in [-0.15, -0.1) is 0 Å². The van der Waals surface area contributed by atoms with Crippen LogP contribution in [0.25, 0.3) is 16.7 Å². The molecule has 0 unspecified atom stereocenters. The third-order valence-corrected chi connectivity index (χ3v) is 4.13. The van der Waals surface area contributed by atoms with Gasteiger partial charge in [0.1, 0.15) is 5.82 Å². The van der Waals surface area contributed by atoms with E-state index in [1.807, 2.05) is 85.8 Å². The second kappa shape index (κ2) is 6.24. The van der Waals surface area contributed by atoms with Crippen molar-refractivity contribution in [2.24, 2.45) is 0 Å². The van der Waals surface area contributed by atoms with Gasteiger partial charge in [0, 0.05) is 16.9 Å². The maximum absolute atomic E-state index is 12.5. The first-order valence-electron chi connectivity index (χ1n) is 8.13. The number of aromatic nitrogens is 2. The zero-order chi connectivity index (χ0) is 17.2. The van der Waals surface area contributed by atoms with E-state index in [4.69, 9.17) is 0 Å². The SMILES string of the molecule is Cc1nc2cc(C(=O)Nc3ccccc3)ccc2n1-c1ccccc1. The summed E-state index contributed by atoms with van der Waals surface area (Å²) in [5.74, 6) is 0.752. The summed E-state index contributed by atoms with van der Waals surface area (Å²) in [5, 5.41) is 2.90. The lowest BCUT2D eigenvalue weighted by molar-refractivity contribution is 0.102. The number of nitrogens with zero attached hydrogens (tertiary/aromatic N) is 2. The Morgan fingerprint density at radius 1 is 0.920 bits per heavy atom. The van der Waals surface area contributed by atoms with E-state index in [1.165, 1.54) is 0 Å². The summed E-state index contributed by atoms with van der Waals surface area (Å²) in [7, 11) is 0. The van der Waals surface area contributed by atoms with E-state index in [9.17, 15) is 4.79 Å². The van der Waals surface area contributed by atoms with E-state index < -0.39 is 0 Å². The largest absolute Gasteiger partial charge is 0.322 e. The van der Waals surface area contributed by atoms with Crippen molar-refractivity contribution < 1.29 is 4.79 Å². The number of aryl methyl sites for hydroxylation is 1. The molecular weight excluding hydrogens is 310 g/mol. The highest BCUT2D eigenvalue weighted by Gasteiger charge is 2.12. The van der Waals surface area contributed by atoms with Crippen LogP contribution < -0.4 is 5.32 Å². The summed E-state index contributed by atoms with van der Waals surface area (Å²) in [6, 6.07) is 25.1. The average Bonchev–Trinajstić information content (AvgIpc) is 2.98. The highest BCUT2D eigenvalue weighted by molar-refractivity contribution is 6.06. The number of carbonyl (C=O) groups excluding carboxylic acids is 1. The fraction of sp³-hybridized carbons (Fsp3) is 0.0476. The lowest BCUT2D eigenvalue weighted by Crippen LogP contribution is -2.11. The molecule has 4 nitrogen and oxygen atoms in total. The molecule has 1 N–H and O–H groups in total. The smallest absolute Gasteiger partial charge is 0.255 e. The number of imidazole rings is 1. The van der Waals surface area contributed by atoms with Gasteiger partial charge in [0.15, 0.2) is 0 Å². The topological polar surface area (TPSA) is 46.9 Å². The van der Waals surface area contributed by atoms with Crippen LogP contribution in [0.3, 0.4) is 0 Å². The molecule has 0 atom stereocenters. The molecule has 1 amide bonds. The zero-order valence-electron chi connectivity index (χ0n) is 13.8. The van der Waals surface area contributed by atoms with Gasteiger partial charge < -0.3 is 5.32 Å². The van der Waals surface area contributed by atoms with E-state index in [0.29, 0.717) is 5.56 Å². The molecule has 0 spiro atoms. The monoisotopic (exact) mass is 327 g/mol. The van der Waals surface area contributed by atoms with E-state index in [0.717, 1.165) is 28.2 Å². The van der Waals surface area contributed by atoms with Crippen molar-refractivity contribution in [3.8, 4) is 5.69 Å². The van der Waals surface area contributed by atoms with Crippen molar-refractivity contribution in [2.45, 2.75) is 6.92 Å². The summed E-state index contributed by atoms with van der Waals surface area (Å²) in [4.78, 5) is 17.1. The molecule has 0 aliphatic heterocycles. The van der Waals surface area contributed by atoms with Crippen LogP contribution in [0.4, 0.5) is 5.69 Å². The minimum Gasteiger partial charge on any atom is -0.322 e. The number of hydrogen-bond acceptors (Lipinski definition) is 2. The molecule has 1 heterocycles. The van der Waals surface area contributed by atoms with E-state index in [-0.39, 0.29) is 5.91 Å². The molecule has 0 aliphatic carbocycles. The molecule has 122 valence electrons. The second-order valence-electron chi connectivity index (χ2n) is 5.85. The van der Waals surface area contributed by atoms with Gasteiger partial charge in [0.2, 0.25) is 0 Å². The number of nitrogens with one attached hydrogen (secondary N) is 1. The Balaban J connectivity index is 1.71. The lowest BCUT2D eigenvalue weighted by Gasteiger charge is -2.07. The number of anilines is 1. The van der Waals surface area contributed by atoms with Crippen LogP contribution in [0.15, 0.2) is 78.9 Å². The third-order valence-electron chi connectivity index (χ3n) is 4.13. The number of carbonyl (C=O) groups is 1. The van der Waals surface area contributed by atoms with Crippen molar-refractivity contribution in [1.29, 1.82) is 0 Å². The summed E-state index contributed by atoms with van der Waals surface area (Å²) in [6.07, 6.45) is 0. The minimum atomic E-state index is -0.139. The van der Waals surface area contributed by atoms with Gasteiger partial charge in [-0.05, 0) is 49.4 Å². The van der Waals surface area contributed by atoms with E-state index in [1.54, 1.807) is 0 Å². The first kappa shape index (κ1) is 15.1. The average molecular weight is 327 g/mol. The molecular formula is C21H17N3O. The summed E-state index contributed by atoms with van der Waals surface area (Å²) in [6.45, 7) is 1.97. The van der Waals surface area contributed by atoms with Crippen LogP contribution in [0, 0.1) is 6.92 Å². The molecule has 4 rings (SSSR count). The Bertz CT molecular complexity index is 1040. The maximum atomic E-state index is 12.5. The van der Waals surface area contributed by atoms with Crippen LogP contribution in [0.5, 0.6) is 0 Å². The first-order chi connectivity index (χ1) is 12.2. The van der Waals surface area contributed by atoms with Crippen molar-refractivity contribution >= 4 is 22.6 Å². The molecule has 1 aromatic heterocycles. The van der Waals surface area contributed by atoms with Gasteiger partial charge >= 0.3 is 0 Å². The number of para-hydroxylation sites is 2. The Kier molecular flexibility index (Phi) is 3.78. The summed E-state index contributed by atoms with van der Waals surface area (Å²) in [5.41, 5.74) is 4.22. The van der Waals surface area contributed by atoms with Gasteiger partial charge in [-0.3, -0.25) is 9.36 Å². The van der Waals surface area contributed by atoms with Crippen molar-refractivity contribution in [2.75, 3.05) is 5.32 Å². The van der Waals surface area contributed by atoms with Gasteiger partial charge in [0.05, 0.1) is 11.0 Å². The molecule has 25 heavy (non-hydrogen) atoms. The fourth-order valence-electron chi connectivity index (χ4n) is 2.97. The molecule has 0 radical (unpaired) electrons. The number of amides is 1. The molecule has 4 heteroatoms. The summed E-state index contributed by atoms with van der Waals surface area (Å²) < 4.78 is 2.09. The minimum absolute atomic E-state index is 0.139. The van der Waals surface area contributed by atoms with Crippen molar-refractivity contribution in [1.82, 2.24) is 9.55 Å². The van der Waals surface area contributed by atoms with Gasteiger partial charge in [-0.2, -0.15) is 0 Å². The molecule has 4 aromatic rings. The Morgan fingerprint density at radius 2 is 1.60 bits per heavy atom. The highest BCUT2D eigenvalue weighted by atomic mass is 16.1. The van der Waals surface area contributed by atoms with Crippen LogP contribution in [0.2, 0.25) is 0 Å². The van der Waals surface area contributed by atoms with Crippen LogP contribution in [-0.2, 0) is 0 Å². The predicted octanol–water partition coefficient (Wildman–Crippen LogP) is 4.59. The van der Waals surface area contributed by atoms with Crippen LogP contribution in [-0.4, -0.2) is 15.5 Å². The maximum Gasteiger partial charge on any atom is 0.255 e. The number of fused-ring (bicyclic) bond motifs is 1. The van der Waals surface area contributed by atoms with Crippen molar-refractivity contribution in [3.05, 3.63) is 90.3 Å². The van der Waals surface area contributed by atoms with E-state index >= 15 is 0 Å². The zero-order valence-corrected chi connectivity index (χ0v) is 13.8. The lowest BCUT2D eigenvalue weighted by atomic mass is 10.1. The summed E-state index contributed by atoms with van der Waals surface area (Å²) >= 11 is 0. The quantitative estimate of drug-likeness (QED) is 0.598. The molecule has 0 saturated carbocycles. The molecule has 0 saturated heterocycles. The standard InChI is InChI=1S/C21H17N3O/c1-15-22-19-14-16(21(25)23-17-8-4-2-5-9-17)12-13-20(19)24(15)18-10-6-3-7-11-18/h2-14H,1H3,(H,23,25). The Morgan fingerprint density at radius 3 is 2.32 bits per heavy atom. The van der Waals surface area contributed by atoms with Gasteiger partial charge in [-0.25, -0.2) is 4.98 Å².